The molecule has 0 aromatic rings. The summed E-state index contributed by atoms with van der Waals surface area (Å²) in [7, 11) is -4.76. The molecule has 0 bridgehead atoms. The van der Waals surface area contributed by atoms with Crippen LogP contribution in [-0.4, -0.2) is 46.8 Å². The normalized spacial score (nSPS) is 13.1. The second-order valence-electron chi connectivity index (χ2n) is 9.76. The first-order valence-corrected chi connectivity index (χ1v) is 16.4. The largest absolute Gasteiger partial charge is 0.469 e. The number of carbonyl (C=O) groups excluding carboxylic acids is 3. The lowest BCUT2D eigenvalue weighted by molar-refractivity contribution is -0.161. The minimum Gasteiger partial charge on any atom is -0.462 e. The average molecular weight is 599 g/mol. The van der Waals surface area contributed by atoms with E-state index in [1.165, 1.54) is 0 Å². The highest BCUT2D eigenvalue weighted by molar-refractivity contribution is 7.46. The van der Waals surface area contributed by atoms with E-state index in [1.54, 1.807) is 12.2 Å². The highest BCUT2D eigenvalue weighted by Gasteiger charge is 2.22. The number of carbonyl (C=O) groups is 3. The first kappa shape index (κ1) is 38.7. The van der Waals surface area contributed by atoms with Crippen LogP contribution in [0.3, 0.4) is 0 Å². The van der Waals surface area contributed by atoms with Gasteiger partial charge in [-0.25, -0.2) is 4.57 Å². The van der Waals surface area contributed by atoms with Gasteiger partial charge in [0.05, 0.1) is 6.61 Å². The predicted octanol–water partition coefficient (Wildman–Crippen LogP) is 7.24. The third-order valence-electron chi connectivity index (χ3n) is 5.83. The molecule has 0 aliphatic carbocycles. The Kier molecular flexibility index (Phi) is 25.1. The molecule has 1 atom stereocenters. The number of allylic oxidation sites excluding steroid dienone is 8. The Balaban J connectivity index is 4.15. The summed E-state index contributed by atoms with van der Waals surface area (Å²) in [5.74, 6) is -0.842. The molecule has 234 valence electrons. The maximum absolute atomic E-state index is 12.1. The number of phosphoric acid groups is 1. The molecule has 0 aromatic carbocycles. The standard InChI is InChI=1S/C31H51O9P/c1-3-5-7-15-21-25-31(34)40-29(27-39-41(35,36)37)26-38-30(33)24-20-17-14-12-10-8-9-11-13-16-19-23-28(32)22-18-6-4-2/h8-9,12-14,16,19,23,29H,3-7,10-11,15,17-18,20-22,24-27H2,1-2H3,(H2,35,36,37)/b9-8-,14-12-,16-13-,23-19+/t29-/m1/s1. The van der Waals surface area contributed by atoms with E-state index >= 15 is 0 Å². The zero-order valence-electron chi connectivity index (χ0n) is 24.9. The fraction of sp³-hybridized carbons (Fsp3) is 0.645. The van der Waals surface area contributed by atoms with Crippen LogP contribution in [0.15, 0.2) is 48.6 Å². The SMILES string of the molecule is CCCCCCCC(=O)O[C@H](COC(=O)CCC/C=C\C/C=C\C/C=C\C=C\C(=O)CCCCC)COP(=O)(O)O. The highest BCUT2D eigenvalue weighted by Crippen LogP contribution is 2.35. The van der Waals surface area contributed by atoms with Gasteiger partial charge in [-0.05, 0) is 44.6 Å². The van der Waals surface area contributed by atoms with Gasteiger partial charge in [0.2, 0.25) is 0 Å². The first-order valence-electron chi connectivity index (χ1n) is 14.9. The van der Waals surface area contributed by atoms with Crippen LogP contribution in [0.5, 0.6) is 0 Å². The van der Waals surface area contributed by atoms with Gasteiger partial charge in [-0.2, -0.15) is 0 Å². The van der Waals surface area contributed by atoms with E-state index in [4.69, 9.17) is 19.3 Å². The Hall–Kier alpha value is -2.32. The molecule has 0 aliphatic rings. The second kappa shape index (κ2) is 26.6. The van der Waals surface area contributed by atoms with E-state index in [1.807, 2.05) is 36.5 Å². The zero-order valence-corrected chi connectivity index (χ0v) is 25.8. The summed E-state index contributed by atoms with van der Waals surface area (Å²) in [6.45, 7) is 3.31. The van der Waals surface area contributed by atoms with E-state index in [2.05, 4.69) is 18.4 Å². The lowest BCUT2D eigenvalue weighted by Gasteiger charge is -2.18. The van der Waals surface area contributed by atoms with E-state index in [9.17, 15) is 18.9 Å². The molecule has 0 aromatic heterocycles. The summed E-state index contributed by atoms with van der Waals surface area (Å²) in [4.78, 5) is 53.6. The lowest BCUT2D eigenvalue weighted by atomic mass is 10.1. The molecule has 0 saturated carbocycles. The maximum Gasteiger partial charge on any atom is 0.469 e. The van der Waals surface area contributed by atoms with Gasteiger partial charge in [0, 0.05) is 19.3 Å². The number of rotatable bonds is 26. The van der Waals surface area contributed by atoms with Crippen LogP contribution >= 0.6 is 7.82 Å². The minimum atomic E-state index is -4.76. The molecule has 0 spiro atoms. The summed E-state index contributed by atoms with van der Waals surface area (Å²) in [5, 5.41) is 0. The van der Waals surface area contributed by atoms with Gasteiger partial charge in [-0.15, -0.1) is 0 Å². The highest BCUT2D eigenvalue weighted by atomic mass is 31.2. The van der Waals surface area contributed by atoms with Crippen LogP contribution in [0.25, 0.3) is 0 Å². The summed E-state index contributed by atoms with van der Waals surface area (Å²) in [5.41, 5.74) is 0. The average Bonchev–Trinajstić information content (AvgIpc) is 2.92. The molecule has 0 amide bonds. The number of unbranched alkanes of at least 4 members (excludes halogenated alkanes) is 7. The van der Waals surface area contributed by atoms with Crippen molar-refractivity contribution in [3.8, 4) is 0 Å². The van der Waals surface area contributed by atoms with Crippen molar-refractivity contribution in [3.63, 3.8) is 0 Å². The number of esters is 2. The van der Waals surface area contributed by atoms with Crippen LogP contribution in [-0.2, 0) is 32.9 Å². The van der Waals surface area contributed by atoms with E-state index in [0.717, 1.165) is 57.8 Å². The van der Waals surface area contributed by atoms with Crippen molar-refractivity contribution in [3.05, 3.63) is 48.6 Å². The van der Waals surface area contributed by atoms with Gasteiger partial charge in [0.1, 0.15) is 6.61 Å². The third-order valence-corrected chi connectivity index (χ3v) is 6.31. The molecule has 9 nitrogen and oxygen atoms in total. The van der Waals surface area contributed by atoms with Crippen molar-refractivity contribution < 1.29 is 42.7 Å². The van der Waals surface area contributed by atoms with Crippen molar-refractivity contribution in [1.82, 2.24) is 0 Å². The fourth-order valence-corrected chi connectivity index (χ4v) is 3.91. The van der Waals surface area contributed by atoms with Gasteiger partial charge >= 0.3 is 19.8 Å². The van der Waals surface area contributed by atoms with Crippen LogP contribution in [0, 0.1) is 0 Å². The number of phosphoric ester groups is 1. The minimum absolute atomic E-state index is 0.164. The van der Waals surface area contributed by atoms with Crippen LogP contribution in [0.4, 0.5) is 0 Å². The molecule has 0 fully saturated rings. The second-order valence-corrected chi connectivity index (χ2v) is 11.0. The number of hydrogen-bond donors (Lipinski definition) is 2. The van der Waals surface area contributed by atoms with Crippen molar-refractivity contribution in [2.24, 2.45) is 0 Å². The van der Waals surface area contributed by atoms with Gasteiger partial charge in [0.25, 0.3) is 0 Å². The third kappa shape index (κ3) is 29.0. The first-order chi connectivity index (χ1) is 19.7. The topological polar surface area (TPSA) is 136 Å². The smallest absolute Gasteiger partial charge is 0.462 e. The van der Waals surface area contributed by atoms with Crippen molar-refractivity contribution in [2.45, 2.75) is 116 Å². The van der Waals surface area contributed by atoms with Gasteiger partial charge in [-0.1, -0.05) is 94.9 Å². The Labute approximate surface area is 246 Å². The molecule has 41 heavy (non-hydrogen) atoms. The van der Waals surface area contributed by atoms with Gasteiger partial charge in [0.15, 0.2) is 11.9 Å². The van der Waals surface area contributed by atoms with Crippen LogP contribution in [0.2, 0.25) is 0 Å². The lowest BCUT2D eigenvalue weighted by Crippen LogP contribution is -2.29. The Bertz CT molecular complexity index is 871. The van der Waals surface area contributed by atoms with Crippen LogP contribution in [0.1, 0.15) is 110 Å². The van der Waals surface area contributed by atoms with E-state index in [-0.39, 0.29) is 25.2 Å². The Morgan fingerprint density at radius 2 is 1.32 bits per heavy atom. The summed E-state index contributed by atoms with van der Waals surface area (Å²) < 4.78 is 25.8. The summed E-state index contributed by atoms with van der Waals surface area (Å²) in [6, 6.07) is 0. The molecular formula is C31H51O9P. The monoisotopic (exact) mass is 598 g/mol. The Morgan fingerprint density at radius 3 is 2.02 bits per heavy atom. The molecule has 10 heteroatoms. The molecule has 0 saturated heterocycles. The van der Waals surface area contributed by atoms with Crippen LogP contribution < -0.4 is 0 Å². The molecular weight excluding hydrogens is 547 g/mol. The van der Waals surface area contributed by atoms with E-state index in [0.29, 0.717) is 25.7 Å². The van der Waals surface area contributed by atoms with Crippen molar-refractivity contribution >= 4 is 25.5 Å². The number of ether oxygens (including phenoxy) is 2. The van der Waals surface area contributed by atoms with Gasteiger partial charge in [-0.3, -0.25) is 18.9 Å². The zero-order chi connectivity index (χ0) is 30.6. The molecule has 0 rings (SSSR count). The fourth-order valence-electron chi connectivity index (χ4n) is 3.55. The van der Waals surface area contributed by atoms with Crippen molar-refractivity contribution in [2.75, 3.05) is 13.2 Å². The molecule has 0 aliphatic heterocycles. The quantitative estimate of drug-likeness (QED) is 0.0264. The molecule has 0 heterocycles. The summed E-state index contributed by atoms with van der Waals surface area (Å²) >= 11 is 0. The Morgan fingerprint density at radius 1 is 0.707 bits per heavy atom. The molecule has 0 unspecified atom stereocenters. The molecule has 2 N–H and O–H groups in total. The maximum atomic E-state index is 12.1. The predicted molar refractivity (Wildman–Crippen MR) is 161 cm³/mol. The van der Waals surface area contributed by atoms with E-state index < -0.39 is 32.5 Å². The summed E-state index contributed by atoms with van der Waals surface area (Å²) in [6.07, 6.45) is 25.9. The van der Waals surface area contributed by atoms with Crippen molar-refractivity contribution in [1.29, 1.82) is 0 Å². The number of hydrogen-bond acceptors (Lipinski definition) is 7. The molecule has 0 radical (unpaired) electrons. The van der Waals surface area contributed by atoms with Gasteiger partial charge < -0.3 is 19.3 Å². The number of ketones is 1.